The Morgan fingerprint density at radius 3 is 2.27 bits per heavy atom. The van der Waals surface area contributed by atoms with Crippen LogP contribution in [-0.2, 0) is 31.1 Å². The quantitative estimate of drug-likeness (QED) is 0.388. The zero-order chi connectivity index (χ0) is 28.2. The number of carboxylic acids is 1. The van der Waals surface area contributed by atoms with Gasteiger partial charge in [-0.3, -0.25) is 9.59 Å². The fraction of sp³-hybridized carbons (Fsp3) is 0.464. The molecule has 2 unspecified atom stereocenters. The third-order valence-electron chi connectivity index (χ3n) is 5.40. The van der Waals surface area contributed by atoms with Gasteiger partial charge in [-0.2, -0.15) is 0 Å². The number of likely N-dealkylation sites (N-methyl/N-ethyl adjacent to an activating group) is 1. The molecule has 4 N–H and O–H groups in total. The molecule has 0 spiro atoms. The number of rotatable bonds is 9. The van der Waals surface area contributed by atoms with Crippen LogP contribution in [0.4, 0.5) is 0 Å². The van der Waals surface area contributed by atoms with Gasteiger partial charge in [0.05, 0.1) is 23.3 Å². The normalized spacial score (nSPS) is 14.6. The number of carboxylic acid groups (broad SMARTS) is 1. The zero-order valence-corrected chi connectivity index (χ0v) is 23.5. The van der Waals surface area contributed by atoms with Gasteiger partial charge in [-0.25, -0.2) is 8.93 Å². The van der Waals surface area contributed by atoms with Crippen molar-refractivity contribution < 1.29 is 23.7 Å². The van der Waals surface area contributed by atoms with E-state index in [-0.39, 0.29) is 18.5 Å². The number of nitrogens with one attached hydrogen (secondary N) is 3. The van der Waals surface area contributed by atoms with Crippen LogP contribution in [0.5, 0.6) is 0 Å². The van der Waals surface area contributed by atoms with Gasteiger partial charge >= 0.3 is 5.97 Å². The Morgan fingerprint density at radius 2 is 1.81 bits per heavy atom. The molecule has 8 nitrogen and oxygen atoms in total. The minimum Gasteiger partial charge on any atom is -0.480 e. The maximum Gasteiger partial charge on any atom is 0.317 e. The maximum atomic E-state index is 12.3. The summed E-state index contributed by atoms with van der Waals surface area (Å²) in [6.45, 7) is 11.3. The van der Waals surface area contributed by atoms with Crippen LogP contribution in [-0.4, -0.2) is 54.2 Å². The van der Waals surface area contributed by atoms with Crippen LogP contribution in [0.1, 0.15) is 51.2 Å². The molecule has 1 fully saturated rings. The molecule has 0 radical (unpaired) electrons. The first-order chi connectivity index (χ1) is 17.7. The Hall–Kier alpha value is -2.88. The van der Waals surface area contributed by atoms with Crippen LogP contribution in [0.3, 0.4) is 0 Å². The summed E-state index contributed by atoms with van der Waals surface area (Å²) in [7, 11) is 0.441. The van der Waals surface area contributed by atoms with Crippen molar-refractivity contribution in [2.45, 2.75) is 58.8 Å². The van der Waals surface area contributed by atoms with E-state index in [4.69, 9.17) is 9.90 Å². The number of aliphatic carboxylic acids is 1. The fourth-order valence-electron chi connectivity index (χ4n) is 3.07. The van der Waals surface area contributed by atoms with E-state index in [1.807, 2.05) is 31.1 Å². The number of carbonyl (C=O) groups excluding carboxylic acids is 2. The van der Waals surface area contributed by atoms with Crippen LogP contribution in [0.25, 0.3) is 11.1 Å². The molecule has 3 rings (SSSR count). The first-order valence-electron chi connectivity index (χ1n) is 12.4. The lowest BCUT2D eigenvalue weighted by Gasteiger charge is -2.12. The highest BCUT2D eigenvalue weighted by atomic mass is 32.2. The number of carbonyl (C=O) groups is 3. The molecule has 206 valence electrons. The molecular formula is C28H43N3O5S. The topological polar surface area (TPSA) is 125 Å². The highest BCUT2D eigenvalue weighted by molar-refractivity contribution is 7.82. The molecule has 2 atom stereocenters. The molecule has 9 heteroatoms. The van der Waals surface area contributed by atoms with E-state index in [0.717, 1.165) is 17.9 Å². The summed E-state index contributed by atoms with van der Waals surface area (Å²) in [5, 5.41) is 13.2. The number of benzene rings is 2. The van der Waals surface area contributed by atoms with Gasteiger partial charge in [0.1, 0.15) is 6.79 Å². The minimum atomic E-state index is -1.15. The summed E-state index contributed by atoms with van der Waals surface area (Å²) in [5.74, 6) is 0.604. The molecule has 1 heterocycles. The van der Waals surface area contributed by atoms with E-state index in [2.05, 4.69) is 67.3 Å². The van der Waals surface area contributed by atoms with Crippen molar-refractivity contribution in [1.82, 2.24) is 15.4 Å². The van der Waals surface area contributed by atoms with E-state index >= 15 is 0 Å². The molecule has 1 aliphatic rings. The molecule has 0 aliphatic carbocycles. The lowest BCUT2D eigenvalue weighted by Crippen LogP contribution is -2.36. The van der Waals surface area contributed by atoms with E-state index in [1.54, 1.807) is 7.05 Å². The second kappa shape index (κ2) is 20.2. The Morgan fingerprint density at radius 1 is 1.19 bits per heavy atom. The number of hydrogen-bond acceptors (Lipinski definition) is 5. The van der Waals surface area contributed by atoms with Crippen molar-refractivity contribution in [2.75, 3.05) is 20.1 Å². The fourth-order valence-corrected chi connectivity index (χ4v) is 4.04. The van der Waals surface area contributed by atoms with Gasteiger partial charge in [0.15, 0.2) is 0 Å². The Kier molecular flexibility index (Phi) is 18.6. The van der Waals surface area contributed by atoms with Crippen LogP contribution < -0.4 is 15.4 Å². The predicted octanol–water partition coefficient (Wildman–Crippen LogP) is 3.85. The van der Waals surface area contributed by atoms with Gasteiger partial charge in [-0.15, -0.1) is 0 Å². The number of aryl methyl sites for hydroxylation is 1. The molecule has 1 saturated heterocycles. The lowest BCUT2D eigenvalue weighted by atomic mass is 9.99. The van der Waals surface area contributed by atoms with Gasteiger partial charge in [0.2, 0.25) is 5.91 Å². The third kappa shape index (κ3) is 15.8. The van der Waals surface area contributed by atoms with Gasteiger partial charge in [0, 0.05) is 19.0 Å². The molecule has 2 aromatic rings. The summed E-state index contributed by atoms with van der Waals surface area (Å²) in [6.07, 6.45) is 2.68. The van der Waals surface area contributed by atoms with Gasteiger partial charge in [-0.05, 0) is 54.6 Å². The predicted molar refractivity (Wildman–Crippen MR) is 151 cm³/mol. The van der Waals surface area contributed by atoms with E-state index in [1.165, 1.54) is 23.1 Å². The Labute approximate surface area is 224 Å². The molecule has 0 saturated carbocycles. The van der Waals surface area contributed by atoms with Crippen LogP contribution >= 0.6 is 0 Å². The molecule has 1 amide bonds. The number of amides is 1. The van der Waals surface area contributed by atoms with Crippen molar-refractivity contribution in [2.24, 2.45) is 5.92 Å². The average molecular weight is 534 g/mol. The molecule has 37 heavy (non-hydrogen) atoms. The minimum absolute atomic E-state index is 0.0417. The Bertz CT molecular complexity index is 954. The largest absolute Gasteiger partial charge is 0.480 e. The van der Waals surface area contributed by atoms with Crippen molar-refractivity contribution in [1.29, 1.82) is 0 Å². The molecule has 1 aliphatic heterocycles. The summed E-state index contributed by atoms with van der Waals surface area (Å²) in [6, 6.07) is 16.5. The smallest absolute Gasteiger partial charge is 0.317 e. The maximum absolute atomic E-state index is 12.3. The SMILES string of the molecule is C=O.CCC(C)C.CNCC(=O)O.Cc1ccc(CS(=O)NCC2CCC(=O)N2)cc1-c1ccccc1. The molecule has 0 bridgehead atoms. The first kappa shape index (κ1) is 34.1. The first-order valence-corrected chi connectivity index (χ1v) is 13.7. The number of hydrogen-bond donors (Lipinski definition) is 4. The third-order valence-corrected chi connectivity index (χ3v) is 6.49. The second-order valence-electron chi connectivity index (χ2n) is 8.88. The summed E-state index contributed by atoms with van der Waals surface area (Å²) in [5.41, 5.74) is 4.59. The summed E-state index contributed by atoms with van der Waals surface area (Å²) < 4.78 is 15.3. The molecule has 2 aromatic carbocycles. The van der Waals surface area contributed by atoms with Gasteiger partial charge < -0.3 is 20.5 Å². The van der Waals surface area contributed by atoms with Crippen LogP contribution in [0, 0.1) is 12.8 Å². The van der Waals surface area contributed by atoms with Crippen LogP contribution in [0.15, 0.2) is 48.5 Å². The monoisotopic (exact) mass is 533 g/mol. The molecule has 0 aromatic heterocycles. The van der Waals surface area contributed by atoms with E-state index in [0.29, 0.717) is 18.7 Å². The molecular weight excluding hydrogens is 490 g/mol. The highest BCUT2D eigenvalue weighted by Crippen LogP contribution is 2.24. The Balaban J connectivity index is 0.000000833. The summed E-state index contributed by atoms with van der Waals surface area (Å²) in [4.78, 5) is 28.7. The summed E-state index contributed by atoms with van der Waals surface area (Å²) >= 11 is 0. The zero-order valence-electron chi connectivity index (χ0n) is 22.7. The second-order valence-corrected chi connectivity index (χ2v) is 10.2. The average Bonchev–Trinajstić information content (AvgIpc) is 3.31. The van der Waals surface area contributed by atoms with Gasteiger partial charge in [0.25, 0.3) is 0 Å². The van der Waals surface area contributed by atoms with Crippen molar-refractivity contribution in [3.05, 3.63) is 59.7 Å². The van der Waals surface area contributed by atoms with Crippen molar-refractivity contribution in [3.63, 3.8) is 0 Å². The lowest BCUT2D eigenvalue weighted by molar-refractivity contribution is -0.135. The van der Waals surface area contributed by atoms with Crippen molar-refractivity contribution >= 4 is 29.7 Å². The van der Waals surface area contributed by atoms with E-state index < -0.39 is 17.0 Å². The van der Waals surface area contributed by atoms with Gasteiger partial charge in [-0.1, -0.05) is 69.7 Å². The van der Waals surface area contributed by atoms with E-state index in [9.17, 15) is 13.8 Å². The van der Waals surface area contributed by atoms with Crippen molar-refractivity contribution in [3.8, 4) is 11.1 Å². The van der Waals surface area contributed by atoms with Crippen LogP contribution in [0.2, 0.25) is 0 Å². The standard InChI is InChI=1S/C19H22N2O2S.C5H12.C3H7NO2.CH2O/c1-14-7-8-15(11-18(14)16-5-3-2-4-6-16)13-24(23)20-12-17-9-10-19(22)21-17;1-4-5(2)3;1-4-2-3(5)6;1-2/h2-8,11,17,20H,9-10,12-13H2,1H3,(H,21,22);5H,4H2,1-3H3;4H,2H2,1H3,(H,5,6);1H2. The highest BCUT2D eigenvalue weighted by Gasteiger charge is 2.20.